The average Bonchev–Trinajstić information content (AvgIpc) is 3.14. The molecule has 128 valence electrons. The van der Waals surface area contributed by atoms with Crippen molar-refractivity contribution in [2.45, 2.75) is 18.7 Å². The van der Waals surface area contributed by atoms with Gasteiger partial charge in [0.2, 0.25) is 6.23 Å². The Morgan fingerprint density at radius 1 is 0.885 bits per heavy atom. The minimum Gasteiger partial charge on any atom is -0.464 e. The molecule has 2 heterocycles. The van der Waals surface area contributed by atoms with Crippen LogP contribution in [0.3, 0.4) is 0 Å². The summed E-state index contributed by atoms with van der Waals surface area (Å²) in [5.74, 6) is 0.615. The van der Waals surface area contributed by atoms with Gasteiger partial charge in [0.15, 0.2) is 0 Å². The summed E-state index contributed by atoms with van der Waals surface area (Å²) >= 11 is 0. The molecule has 0 amide bonds. The third kappa shape index (κ3) is 2.46. The molecule has 5 rings (SSSR count). The van der Waals surface area contributed by atoms with E-state index < -0.39 is 0 Å². The monoisotopic (exact) mass is 344 g/mol. The molecule has 0 saturated carbocycles. The Morgan fingerprint density at radius 2 is 1.62 bits per heavy atom. The quantitative estimate of drug-likeness (QED) is 0.648. The van der Waals surface area contributed by atoms with E-state index in [0.717, 1.165) is 34.6 Å². The van der Waals surface area contributed by atoms with Gasteiger partial charge in [-0.25, -0.2) is 9.40 Å². The molecule has 0 spiro atoms. The molecule has 3 nitrogen and oxygen atoms in total. The smallest absolute Gasteiger partial charge is 0.213 e. The second-order valence-corrected chi connectivity index (χ2v) is 6.57. The third-order valence-electron chi connectivity index (χ3n) is 4.96. The molecular formula is C22H17FN2O. The first kappa shape index (κ1) is 15.1. The van der Waals surface area contributed by atoms with Crippen molar-refractivity contribution in [1.82, 2.24) is 5.01 Å². The predicted molar refractivity (Wildman–Crippen MR) is 98.4 cm³/mol. The molecule has 3 aromatic rings. The number of hydrogen-bond acceptors (Lipinski definition) is 3. The van der Waals surface area contributed by atoms with Gasteiger partial charge in [0.1, 0.15) is 11.6 Å². The normalized spacial score (nSPS) is 20.8. The summed E-state index contributed by atoms with van der Waals surface area (Å²) in [6.07, 6.45) is 0.457. The summed E-state index contributed by atoms with van der Waals surface area (Å²) in [7, 11) is 0. The molecule has 4 heteroatoms. The van der Waals surface area contributed by atoms with Crippen molar-refractivity contribution >= 4 is 5.71 Å². The van der Waals surface area contributed by atoms with Gasteiger partial charge >= 0.3 is 0 Å². The first-order valence-corrected chi connectivity index (χ1v) is 8.72. The van der Waals surface area contributed by atoms with Gasteiger partial charge in [0.05, 0.1) is 11.8 Å². The highest BCUT2D eigenvalue weighted by molar-refractivity contribution is 6.01. The van der Waals surface area contributed by atoms with Crippen LogP contribution in [-0.2, 0) is 0 Å². The summed E-state index contributed by atoms with van der Waals surface area (Å²) in [5.41, 5.74) is 4.20. The molecule has 0 saturated heterocycles. The van der Waals surface area contributed by atoms with Crippen LogP contribution in [0.1, 0.15) is 35.4 Å². The summed E-state index contributed by atoms with van der Waals surface area (Å²) in [4.78, 5) is 0. The van der Waals surface area contributed by atoms with Crippen molar-refractivity contribution in [3.8, 4) is 5.75 Å². The van der Waals surface area contributed by atoms with Crippen LogP contribution in [0, 0.1) is 5.82 Å². The second-order valence-electron chi connectivity index (χ2n) is 6.57. The minimum atomic E-state index is -0.364. The summed E-state index contributed by atoms with van der Waals surface area (Å²) in [6.45, 7) is 0. The first-order valence-electron chi connectivity index (χ1n) is 8.72. The third-order valence-corrected chi connectivity index (χ3v) is 4.96. The molecule has 3 aromatic carbocycles. The maximum absolute atomic E-state index is 13.4. The SMILES string of the molecule is Fc1ccc([C@@H]2Oc3ccccc3[C@@H]3CC(c4ccccc4)=NN32)cc1. The molecule has 2 aliphatic rings. The van der Waals surface area contributed by atoms with Gasteiger partial charge in [-0.05, 0) is 23.8 Å². The largest absolute Gasteiger partial charge is 0.464 e. The second kappa shape index (κ2) is 5.99. The molecule has 0 aliphatic carbocycles. The summed E-state index contributed by atoms with van der Waals surface area (Å²) < 4.78 is 19.6. The Labute approximate surface area is 151 Å². The van der Waals surface area contributed by atoms with E-state index in [4.69, 9.17) is 9.84 Å². The Balaban J connectivity index is 1.60. The summed E-state index contributed by atoms with van der Waals surface area (Å²) in [6, 6.07) is 24.9. The van der Waals surface area contributed by atoms with Gasteiger partial charge < -0.3 is 4.74 Å². The number of hydrazone groups is 1. The van der Waals surface area contributed by atoms with Crippen LogP contribution in [0.25, 0.3) is 0 Å². The minimum absolute atomic E-state index is 0.116. The maximum atomic E-state index is 13.4. The van der Waals surface area contributed by atoms with E-state index >= 15 is 0 Å². The lowest BCUT2D eigenvalue weighted by Gasteiger charge is -2.38. The zero-order chi connectivity index (χ0) is 17.5. The fraction of sp³-hybridized carbons (Fsp3) is 0.136. The summed E-state index contributed by atoms with van der Waals surface area (Å²) in [5, 5.41) is 6.90. The van der Waals surface area contributed by atoms with Crippen LogP contribution in [-0.4, -0.2) is 10.7 Å². The lowest BCUT2D eigenvalue weighted by molar-refractivity contribution is -0.0190. The van der Waals surface area contributed by atoms with Crippen molar-refractivity contribution in [2.24, 2.45) is 5.10 Å². The lowest BCUT2D eigenvalue weighted by Crippen LogP contribution is -2.33. The number of para-hydroxylation sites is 1. The van der Waals surface area contributed by atoms with Gasteiger partial charge in [-0.15, -0.1) is 0 Å². The fourth-order valence-corrected chi connectivity index (χ4v) is 3.69. The number of hydrogen-bond donors (Lipinski definition) is 0. The van der Waals surface area contributed by atoms with Crippen molar-refractivity contribution < 1.29 is 9.13 Å². The molecule has 0 aromatic heterocycles. The molecule has 0 unspecified atom stereocenters. The molecule has 0 fully saturated rings. The number of halogens is 1. The van der Waals surface area contributed by atoms with Crippen molar-refractivity contribution in [1.29, 1.82) is 0 Å². The van der Waals surface area contributed by atoms with E-state index in [9.17, 15) is 4.39 Å². The lowest BCUT2D eigenvalue weighted by atomic mass is 9.96. The van der Waals surface area contributed by atoms with Gasteiger partial charge in [-0.2, -0.15) is 5.10 Å². The van der Waals surface area contributed by atoms with Crippen LogP contribution < -0.4 is 4.74 Å². The Bertz CT molecular complexity index is 969. The van der Waals surface area contributed by atoms with Crippen molar-refractivity contribution in [3.05, 3.63) is 101 Å². The zero-order valence-electron chi connectivity index (χ0n) is 14.0. The topological polar surface area (TPSA) is 24.8 Å². The molecule has 2 aliphatic heterocycles. The van der Waals surface area contributed by atoms with Crippen molar-refractivity contribution in [3.63, 3.8) is 0 Å². The van der Waals surface area contributed by atoms with Gasteiger partial charge in [0, 0.05) is 17.5 Å². The van der Waals surface area contributed by atoms with Crippen LogP contribution in [0.2, 0.25) is 0 Å². The van der Waals surface area contributed by atoms with Gasteiger partial charge in [-0.3, -0.25) is 0 Å². The predicted octanol–water partition coefficient (Wildman–Crippen LogP) is 5.07. The van der Waals surface area contributed by atoms with Crippen LogP contribution in [0.4, 0.5) is 4.39 Å². The molecule has 0 bridgehead atoms. The fourth-order valence-electron chi connectivity index (χ4n) is 3.69. The molecule has 26 heavy (non-hydrogen) atoms. The number of ether oxygens (including phenoxy) is 1. The van der Waals surface area contributed by atoms with Gasteiger partial charge in [0.25, 0.3) is 0 Å². The maximum Gasteiger partial charge on any atom is 0.213 e. The number of nitrogens with zero attached hydrogens (tertiary/aromatic N) is 2. The Morgan fingerprint density at radius 3 is 2.42 bits per heavy atom. The van der Waals surface area contributed by atoms with Crippen molar-refractivity contribution in [2.75, 3.05) is 0 Å². The van der Waals surface area contributed by atoms with E-state index in [1.54, 1.807) is 12.1 Å². The highest BCUT2D eigenvalue weighted by Gasteiger charge is 2.40. The van der Waals surface area contributed by atoms with E-state index in [-0.39, 0.29) is 18.1 Å². The number of rotatable bonds is 2. The van der Waals surface area contributed by atoms with E-state index in [1.807, 2.05) is 41.4 Å². The highest BCUT2D eigenvalue weighted by Crippen LogP contribution is 2.47. The number of fused-ring (bicyclic) bond motifs is 3. The molecule has 2 atom stereocenters. The van der Waals surface area contributed by atoms with Gasteiger partial charge in [-0.1, -0.05) is 60.7 Å². The highest BCUT2D eigenvalue weighted by atomic mass is 19.1. The first-order chi connectivity index (χ1) is 12.8. The van der Waals surface area contributed by atoms with Crippen LogP contribution in [0.5, 0.6) is 5.75 Å². The molecule has 0 radical (unpaired) electrons. The molecular weight excluding hydrogens is 327 g/mol. The van der Waals surface area contributed by atoms with Crippen LogP contribution in [0.15, 0.2) is 84.0 Å². The number of benzene rings is 3. The Hall–Kier alpha value is -3.14. The van der Waals surface area contributed by atoms with Crippen LogP contribution >= 0.6 is 0 Å². The Kier molecular flexibility index (Phi) is 3.49. The molecule has 0 N–H and O–H groups in total. The standard InChI is InChI=1S/C22H17FN2O/c23-17-12-10-16(11-13-17)22-25-20(18-8-4-5-9-21(18)26-22)14-19(24-25)15-6-2-1-3-7-15/h1-13,20,22H,14H2/t20-,22-/m0/s1. The zero-order valence-corrected chi connectivity index (χ0v) is 14.0. The van der Waals surface area contributed by atoms with E-state index in [0.29, 0.717) is 0 Å². The van der Waals surface area contributed by atoms with E-state index in [1.165, 1.54) is 12.1 Å². The average molecular weight is 344 g/mol. The van der Waals surface area contributed by atoms with E-state index in [2.05, 4.69) is 18.2 Å².